The van der Waals surface area contributed by atoms with Crippen molar-refractivity contribution in [2.45, 2.75) is 31.8 Å². The van der Waals surface area contributed by atoms with Gasteiger partial charge < -0.3 is 10.0 Å². The average molecular weight is 260 g/mol. The summed E-state index contributed by atoms with van der Waals surface area (Å²) in [6.07, 6.45) is 3.98. The number of likely N-dealkylation sites (tertiary alicyclic amines) is 2. The number of nitrogens with zero attached hydrogens (tertiary/aromatic N) is 2. The van der Waals surface area contributed by atoms with E-state index in [2.05, 4.69) is 16.8 Å². The molecule has 2 saturated heterocycles. The first-order valence-corrected chi connectivity index (χ1v) is 7.43. The molecule has 2 unspecified atom stereocenters. The quantitative estimate of drug-likeness (QED) is 0.884. The van der Waals surface area contributed by atoms with Gasteiger partial charge in [0.2, 0.25) is 0 Å². The van der Waals surface area contributed by atoms with Crippen LogP contribution in [0.2, 0.25) is 0 Å². The van der Waals surface area contributed by atoms with E-state index in [1.807, 2.05) is 18.2 Å². The minimum atomic E-state index is 0.436. The minimum absolute atomic E-state index is 0.436. The fourth-order valence-electron chi connectivity index (χ4n) is 3.76. The first kappa shape index (κ1) is 12.9. The van der Waals surface area contributed by atoms with Gasteiger partial charge in [-0.05, 0) is 51.4 Å². The molecule has 19 heavy (non-hydrogen) atoms. The van der Waals surface area contributed by atoms with Crippen LogP contribution in [0.4, 0.5) is 0 Å². The Labute approximate surface area is 115 Å². The molecule has 1 N–H and O–H groups in total. The van der Waals surface area contributed by atoms with E-state index in [0.717, 1.165) is 30.6 Å². The molecule has 2 aliphatic rings. The predicted octanol–water partition coefficient (Wildman–Crippen LogP) is 2.31. The van der Waals surface area contributed by atoms with E-state index in [1.165, 1.54) is 32.4 Å². The largest absolute Gasteiger partial charge is 0.508 e. The summed E-state index contributed by atoms with van der Waals surface area (Å²) in [5, 5.41) is 9.88. The highest BCUT2D eigenvalue weighted by Gasteiger charge is 2.34. The van der Waals surface area contributed by atoms with E-state index < -0.39 is 0 Å². The summed E-state index contributed by atoms with van der Waals surface area (Å²) in [7, 11) is 2.27. The third kappa shape index (κ3) is 2.77. The number of piperidine rings is 2. The van der Waals surface area contributed by atoms with Gasteiger partial charge in [-0.2, -0.15) is 0 Å². The smallest absolute Gasteiger partial charge is 0.120 e. The molecule has 2 atom stereocenters. The maximum absolute atomic E-state index is 9.88. The Balaban J connectivity index is 1.64. The van der Waals surface area contributed by atoms with Gasteiger partial charge in [0.15, 0.2) is 0 Å². The Morgan fingerprint density at radius 1 is 1.21 bits per heavy atom. The monoisotopic (exact) mass is 260 g/mol. The molecule has 2 heterocycles. The van der Waals surface area contributed by atoms with Crippen molar-refractivity contribution < 1.29 is 5.11 Å². The molecule has 104 valence electrons. The Bertz CT molecular complexity index is 435. The Morgan fingerprint density at radius 3 is 2.89 bits per heavy atom. The minimum Gasteiger partial charge on any atom is -0.508 e. The molecule has 3 rings (SSSR count). The zero-order valence-corrected chi connectivity index (χ0v) is 11.8. The van der Waals surface area contributed by atoms with Crippen molar-refractivity contribution in [2.75, 3.05) is 26.7 Å². The highest BCUT2D eigenvalue weighted by atomic mass is 16.3. The number of rotatable bonds is 2. The van der Waals surface area contributed by atoms with Crippen LogP contribution in [0, 0.1) is 5.92 Å². The molecule has 0 aromatic heterocycles. The van der Waals surface area contributed by atoms with Crippen molar-refractivity contribution in [2.24, 2.45) is 5.92 Å². The zero-order valence-electron chi connectivity index (χ0n) is 11.8. The van der Waals surface area contributed by atoms with E-state index in [4.69, 9.17) is 0 Å². The lowest BCUT2D eigenvalue weighted by atomic mass is 9.84. The SMILES string of the molecule is CN1CCCC2CN(Cc3ccccc3O)CCC21. The molecule has 3 heteroatoms. The molecule has 0 radical (unpaired) electrons. The van der Waals surface area contributed by atoms with Gasteiger partial charge in [-0.1, -0.05) is 18.2 Å². The number of para-hydroxylation sites is 1. The molecule has 0 spiro atoms. The first-order valence-electron chi connectivity index (χ1n) is 7.43. The second kappa shape index (κ2) is 5.51. The van der Waals surface area contributed by atoms with Crippen LogP contribution < -0.4 is 0 Å². The number of hydrogen-bond donors (Lipinski definition) is 1. The second-order valence-corrected chi connectivity index (χ2v) is 6.10. The molecule has 1 aromatic carbocycles. The fraction of sp³-hybridized carbons (Fsp3) is 0.625. The molecule has 2 aliphatic heterocycles. The van der Waals surface area contributed by atoms with Crippen LogP contribution in [0.1, 0.15) is 24.8 Å². The van der Waals surface area contributed by atoms with E-state index >= 15 is 0 Å². The van der Waals surface area contributed by atoms with E-state index in [9.17, 15) is 5.11 Å². The van der Waals surface area contributed by atoms with E-state index in [1.54, 1.807) is 6.07 Å². The molecule has 0 bridgehead atoms. The summed E-state index contributed by atoms with van der Waals surface area (Å²) in [6.45, 7) is 4.49. The molecular formula is C16H24N2O. The second-order valence-electron chi connectivity index (χ2n) is 6.10. The lowest BCUT2D eigenvalue weighted by Gasteiger charge is -2.46. The third-order valence-electron chi connectivity index (χ3n) is 4.82. The Kier molecular flexibility index (Phi) is 3.76. The molecule has 0 saturated carbocycles. The lowest BCUT2D eigenvalue weighted by Crippen LogP contribution is -2.52. The van der Waals surface area contributed by atoms with Crippen LogP contribution in [0.25, 0.3) is 0 Å². The van der Waals surface area contributed by atoms with Crippen LogP contribution in [-0.4, -0.2) is 47.6 Å². The van der Waals surface area contributed by atoms with Gasteiger partial charge in [0.1, 0.15) is 5.75 Å². The highest BCUT2D eigenvalue weighted by molar-refractivity contribution is 5.31. The van der Waals surface area contributed by atoms with Crippen molar-refractivity contribution in [3.63, 3.8) is 0 Å². The predicted molar refractivity (Wildman–Crippen MR) is 77.1 cm³/mol. The van der Waals surface area contributed by atoms with Gasteiger partial charge in [0, 0.05) is 24.7 Å². The van der Waals surface area contributed by atoms with Gasteiger partial charge in [-0.15, -0.1) is 0 Å². The van der Waals surface area contributed by atoms with E-state index in [-0.39, 0.29) is 0 Å². The van der Waals surface area contributed by atoms with Crippen molar-refractivity contribution in [1.82, 2.24) is 9.80 Å². The maximum Gasteiger partial charge on any atom is 0.120 e. The molecule has 0 amide bonds. The highest BCUT2D eigenvalue weighted by Crippen LogP contribution is 2.30. The van der Waals surface area contributed by atoms with E-state index in [0.29, 0.717) is 5.75 Å². The van der Waals surface area contributed by atoms with Crippen LogP contribution in [0.15, 0.2) is 24.3 Å². The molecule has 0 aliphatic carbocycles. The molecule has 2 fully saturated rings. The van der Waals surface area contributed by atoms with Crippen molar-refractivity contribution >= 4 is 0 Å². The number of benzene rings is 1. The summed E-state index contributed by atoms with van der Waals surface area (Å²) in [4.78, 5) is 5.06. The van der Waals surface area contributed by atoms with Gasteiger partial charge in [0.05, 0.1) is 0 Å². The fourth-order valence-corrected chi connectivity index (χ4v) is 3.76. The summed E-state index contributed by atoms with van der Waals surface area (Å²) < 4.78 is 0. The topological polar surface area (TPSA) is 26.7 Å². The van der Waals surface area contributed by atoms with Crippen LogP contribution in [0.3, 0.4) is 0 Å². The van der Waals surface area contributed by atoms with Gasteiger partial charge >= 0.3 is 0 Å². The first-order chi connectivity index (χ1) is 9.24. The van der Waals surface area contributed by atoms with Crippen LogP contribution in [-0.2, 0) is 6.54 Å². The number of hydrogen-bond acceptors (Lipinski definition) is 3. The summed E-state index contributed by atoms with van der Waals surface area (Å²) in [5.41, 5.74) is 1.06. The average Bonchev–Trinajstić information content (AvgIpc) is 2.42. The van der Waals surface area contributed by atoms with Crippen LogP contribution >= 0.6 is 0 Å². The van der Waals surface area contributed by atoms with Gasteiger partial charge in [-0.25, -0.2) is 0 Å². The summed E-state index contributed by atoms with van der Waals surface area (Å²) in [6, 6.07) is 8.51. The standard InChI is InChI=1S/C16H24N2O/c1-17-9-4-6-13-11-18(10-8-15(13)17)12-14-5-2-3-7-16(14)19/h2-3,5,7,13,15,19H,4,6,8-12H2,1H3. The molecule has 3 nitrogen and oxygen atoms in total. The zero-order chi connectivity index (χ0) is 13.2. The van der Waals surface area contributed by atoms with Gasteiger partial charge in [0.25, 0.3) is 0 Å². The van der Waals surface area contributed by atoms with Gasteiger partial charge in [-0.3, -0.25) is 4.90 Å². The maximum atomic E-state index is 9.88. The summed E-state index contributed by atoms with van der Waals surface area (Å²) >= 11 is 0. The molecular weight excluding hydrogens is 236 g/mol. The number of aromatic hydroxyl groups is 1. The molecule has 1 aromatic rings. The van der Waals surface area contributed by atoms with Crippen molar-refractivity contribution in [1.29, 1.82) is 0 Å². The van der Waals surface area contributed by atoms with Crippen LogP contribution in [0.5, 0.6) is 5.75 Å². The number of phenols is 1. The summed E-state index contributed by atoms with van der Waals surface area (Å²) in [5.74, 6) is 1.25. The number of phenolic OH excluding ortho intramolecular Hbond substituents is 1. The number of fused-ring (bicyclic) bond motifs is 1. The lowest BCUT2D eigenvalue weighted by molar-refractivity contribution is 0.0352. The van der Waals surface area contributed by atoms with Crippen molar-refractivity contribution in [3.8, 4) is 5.75 Å². The van der Waals surface area contributed by atoms with Crippen molar-refractivity contribution in [3.05, 3.63) is 29.8 Å². The third-order valence-corrected chi connectivity index (χ3v) is 4.82. The Morgan fingerprint density at radius 2 is 2.05 bits per heavy atom. The normalized spacial score (nSPS) is 29.1. The Hall–Kier alpha value is -1.06.